The van der Waals surface area contributed by atoms with Gasteiger partial charge in [0.05, 0.1) is 11.4 Å². The maximum atomic E-state index is 12.5. The van der Waals surface area contributed by atoms with E-state index in [4.69, 9.17) is 4.42 Å². The quantitative estimate of drug-likeness (QED) is 0.595. The topological polar surface area (TPSA) is 94.1 Å². The summed E-state index contributed by atoms with van der Waals surface area (Å²) in [7, 11) is -3.53. The number of benzene rings is 1. The number of furan rings is 1. The van der Waals surface area contributed by atoms with Gasteiger partial charge in [0.15, 0.2) is 0 Å². The molecule has 0 spiro atoms. The molecule has 2 aromatic heterocycles. The van der Waals surface area contributed by atoms with Crippen LogP contribution in [0.4, 0.5) is 0 Å². The van der Waals surface area contributed by atoms with Gasteiger partial charge < -0.3 is 4.42 Å². The second-order valence-electron chi connectivity index (χ2n) is 5.83. The lowest BCUT2D eigenvalue weighted by molar-refractivity contribution is 0.397. The van der Waals surface area contributed by atoms with E-state index in [9.17, 15) is 8.42 Å². The van der Waals surface area contributed by atoms with E-state index in [1.54, 1.807) is 10.7 Å². The van der Waals surface area contributed by atoms with Crippen LogP contribution in [-0.2, 0) is 15.8 Å². The van der Waals surface area contributed by atoms with E-state index < -0.39 is 10.0 Å². The van der Waals surface area contributed by atoms with Crippen molar-refractivity contribution in [2.24, 2.45) is 0 Å². The van der Waals surface area contributed by atoms with Crippen molar-refractivity contribution in [1.29, 1.82) is 0 Å². The van der Waals surface area contributed by atoms with E-state index in [-0.39, 0.29) is 5.09 Å². The van der Waals surface area contributed by atoms with Gasteiger partial charge in [-0.1, -0.05) is 30.0 Å². The normalized spacial score (nSPS) is 15.5. The van der Waals surface area contributed by atoms with E-state index >= 15 is 0 Å². The van der Waals surface area contributed by atoms with Gasteiger partial charge in [0.2, 0.25) is 10.2 Å². The van der Waals surface area contributed by atoms with Crippen molar-refractivity contribution in [3.05, 3.63) is 48.2 Å². The molecule has 0 radical (unpaired) electrons. The number of hydrogen-bond donors (Lipinski definition) is 0. The van der Waals surface area contributed by atoms with Gasteiger partial charge in [-0.3, -0.25) is 0 Å². The molecule has 0 unspecified atom stereocenters. The maximum absolute atomic E-state index is 12.5. The van der Waals surface area contributed by atoms with Crippen LogP contribution in [0.2, 0.25) is 0 Å². The summed E-state index contributed by atoms with van der Waals surface area (Å²) >= 11 is 1.38. The van der Waals surface area contributed by atoms with E-state index in [1.807, 2.05) is 30.3 Å². The number of para-hydroxylation sites is 1. The van der Waals surface area contributed by atoms with Crippen LogP contribution in [-0.4, -0.2) is 46.0 Å². The molecule has 10 heteroatoms. The number of nitrogens with zero attached hydrogens (tertiary/aromatic N) is 5. The summed E-state index contributed by atoms with van der Waals surface area (Å²) < 4.78 is 33.7. The average molecular weight is 391 g/mol. The van der Waals surface area contributed by atoms with Gasteiger partial charge in [0.25, 0.3) is 10.0 Å². The monoisotopic (exact) mass is 391 g/mol. The first kappa shape index (κ1) is 17.3. The standard InChI is InChI=1S/C16H17N5O3S2/c22-26(23,20-10-4-5-11-20)15-9-8-14(24-15)12-25-16-17-18-19-21(16)13-6-2-1-3-7-13/h1-3,6-9H,4-5,10-12H2. The van der Waals surface area contributed by atoms with Gasteiger partial charge in [-0.2, -0.15) is 8.99 Å². The second-order valence-corrected chi connectivity index (χ2v) is 8.64. The van der Waals surface area contributed by atoms with Crippen LogP contribution in [0.25, 0.3) is 5.69 Å². The van der Waals surface area contributed by atoms with Crippen LogP contribution in [0.5, 0.6) is 0 Å². The lowest BCUT2D eigenvalue weighted by atomic mass is 10.3. The van der Waals surface area contributed by atoms with Crippen LogP contribution in [0.3, 0.4) is 0 Å². The Bertz CT molecular complexity index is 978. The van der Waals surface area contributed by atoms with Crippen molar-refractivity contribution >= 4 is 21.8 Å². The summed E-state index contributed by atoms with van der Waals surface area (Å²) in [5.41, 5.74) is 0.858. The van der Waals surface area contributed by atoms with Gasteiger partial charge in [0, 0.05) is 13.1 Å². The zero-order valence-corrected chi connectivity index (χ0v) is 15.5. The number of sulfonamides is 1. The van der Waals surface area contributed by atoms with Crippen LogP contribution in [0.15, 0.2) is 57.1 Å². The Labute approximate surface area is 155 Å². The van der Waals surface area contributed by atoms with Gasteiger partial charge in [-0.25, -0.2) is 8.42 Å². The Balaban J connectivity index is 1.47. The summed E-state index contributed by atoms with van der Waals surface area (Å²) in [4.78, 5) is 0. The Hall–Kier alpha value is -2.17. The highest BCUT2D eigenvalue weighted by Gasteiger charge is 2.30. The summed E-state index contributed by atoms with van der Waals surface area (Å²) in [5.74, 6) is 0.998. The fraction of sp³-hybridized carbons (Fsp3) is 0.312. The van der Waals surface area contributed by atoms with Crippen molar-refractivity contribution in [2.75, 3.05) is 13.1 Å². The minimum Gasteiger partial charge on any atom is -0.447 e. The van der Waals surface area contributed by atoms with Gasteiger partial charge >= 0.3 is 0 Å². The van der Waals surface area contributed by atoms with Crippen LogP contribution >= 0.6 is 11.8 Å². The largest absolute Gasteiger partial charge is 0.447 e. The molecule has 0 amide bonds. The molecule has 1 saturated heterocycles. The number of tetrazole rings is 1. The van der Waals surface area contributed by atoms with Crippen molar-refractivity contribution in [1.82, 2.24) is 24.5 Å². The molecule has 0 aliphatic carbocycles. The van der Waals surface area contributed by atoms with Crippen LogP contribution in [0, 0.1) is 0 Å². The smallest absolute Gasteiger partial charge is 0.276 e. The third-order valence-electron chi connectivity index (χ3n) is 4.08. The van der Waals surface area contributed by atoms with Gasteiger partial charge in [0.1, 0.15) is 5.76 Å². The summed E-state index contributed by atoms with van der Waals surface area (Å²) in [6, 6.07) is 12.8. The molecule has 3 heterocycles. The fourth-order valence-electron chi connectivity index (χ4n) is 2.77. The summed E-state index contributed by atoms with van der Waals surface area (Å²) in [6.07, 6.45) is 1.79. The van der Waals surface area contributed by atoms with E-state index in [2.05, 4.69) is 15.5 Å². The first-order valence-electron chi connectivity index (χ1n) is 8.20. The lowest BCUT2D eigenvalue weighted by Gasteiger charge is -2.12. The van der Waals surface area contributed by atoms with Crippen molar-refractivity contribution in [2.45, 2.75) is 28.8 Å². The molecule has 0 atom stereocenters. The molecule has 1 aromatic carbocycles. The molecule has 1 aliphatic rings. The number of thioether (sulfide) groups is 1. The lowest BCUT2D eigenvalue weighted by Crippen LogP contribution is -2.27. The minimum absolute atomic E-state index is 0.00217. The Morgan fingerprint density at radius 3 is 2.62 bits per heavy atom. The Morgan fingerprint density at radius 1 is 1.08 bits per heavy atom. The molecule has 136 valence electrons. The van der Waals surface area contributed by atoms with Gasteiger partial charge in [-0.05, 0) is 47.5 Å². The van der Waals surface area contributed by atoms with Crippen molar-refractivity contribution in [3.8, 4) is 5.69 Å². The highest BCUT2D eigenvalue weighted by Crippen LogP contribution is 2.27. The molecule has 26 heavy (non-hydrogen) atoms. The molecule has 1 aliphatic heterocycles. The first-order chi connectivity index (χ1) is 12.6. The zero-order chi connectivity index (χ0) is 18.0. The van der Waals surface area contributed by atoms with Crippen LogP contribution < -0.4 is 0 Å². The molecular weight excluding hydrogens is 374 g/mol. The maximum Gasteiger partial charge on any atom is 0.276 e. The first-order valence-corrected chi connectivity index (χ1v) is 10.6. The summed E-state index contributed by atoms with van der Waals surface area (Å²) in [5, 5.41) is 12.3. The highest BCUT2D eigenvalue weighted by atomic mass is 32.2. The van der Waals surface area contributed by atoms with E-state index in [1.165, 1.54) is 22.1 Å². The number of rotatable bonds is 6. The van der Waals surface area contributed by atoms with E-state index in [0.29, 0.717) is 29.8 Å². The molecule has 0 bridgehead atoms. The predicted molar refractivity (Wildman–Crippen MR) is 95.4 cm³/mol. The molecule has 3 aromatic rings. The third-order valence-corrected chi connectivity index (χ3v) is 6.80. The van der Waals surface area contributed by atoms with Gasteiger partial charge in [-0.15, -0.1) is 5.10 Å². The highest BCUT2D eigenvalue weighted by molar-refractivity contribution is 7.98. The molecule has 1 fully saturated rings. The molecular formula is C16H17N5O3S2. The average Bonchev–Trinajstić information content (AvgIpc) is 3.42. The number of hydrogen-bond acceptors (Lipinski definition) is 7. The van der Waals surface area contributed by atoms with E-state index in [0.717, 1.165) is 18.5 Å². The SMILES string of the molecule is O=S(=O)(c1ccc(CSc2nnnn2-c2ccccc2)o1)N1CCCC1. The fourth-order valence-corrected chi connectivity index (χ4v) is 5.00. The Kier molecular flexibility index (Phi) is 4.79. The summed E-state index contributed by atoms with van der Waals surface area (Å²) in [6.45, 7) is 1.11. The Morgan fingerprint density at radius 2 is 1.85 bits per heavy atom. The number of aromatic nitrogens is 4. The van der Waals surface area contributed by atoms with Crippen molar-refractivity contribution in [3.63, 3.8) is 0 Å². The zero-order valence-electron chi connectivity index (χ0n) is 13.9. The molecule has 0 saturated carbocycles. The molecule has 8 nitrogen and oxygen atoms in total. The molecule has 0 N–H and O–H groups in total. The predicted octanol–water partition coefficient (Wildman–Crippen LogP) is 2.33. The third kappa shape index (κ3) is 3.39. The van der Waals surface area contributed by atoms with Crippen molar-refractivity contribution < 1.29 is 12.8 Å². The second kappa shape index (κ2) is 7.22. The molecule has 4 rings (SSSR count). The minimum atomic E-state index is -3.53. The van der Waals surface area contributed by atoms with Crippen LogP contribution in [0.1, 0.15) is 18.6 Å².